The van der Waals surface area contributed by atoms with Gasteiger partial charge in [-0.25, -0.2) is 9.18 Å². The summed E-state index contributed by atoms with van der Waals surface area (Å²) in [7, 11) is 0. The molecule has 1 saturated heterocycles. The van der Waals surface area contributed by atoms with Crippen LogP contribution in [0.3, 0.4) is 0 Å². The second-order valence-electron chi connectivity index (χ2n) is 6.53. The van der Waals surface area contributed by atoms with E-state index in [1.807, 2.05) is 6.08 Å². The number of hydrogen-bond donors (Lipinski definition) is 0. The van der Waals surface area contributed by atoms with Gasteiger partial charge < -0.3 is 14.0 Å². The van der Waals surface area contributed by atoms with E-state index in [1.54, 1.807) is 30.5 Å². The maximum absolute atomic E-state index is 14.6. The maximum Gasteiger partial charge on any atom is 0.414 e. The molecule has 140 valence electrons. The fraction of sp³-hybridized carbons (Fsp3) is 0.300. The number of pyridine rings is 1. The van der Waals surface area contributed by atoms with Gasteiger partial charge in [-0.15, -0.1) is 0 Å². The van der Waals surface area contributed by atoms with Gasteiger partial charge in [0.1, 0.15) is 11.9 Å². The number of nitrogens with zero attached hydrogens (tertiary/aromatic N) is 2. The van der Waals surface area contributed by atoms with E-state index in [2.05, 4.69) is 0 Å². The van der Waals surface area contributed by atoms with Crippen molar-refractivity contribution in [3.63, 3.8) is 0 Å². The zero-order valence-electron chi connectivity index (χ0n) is 14.6. The van der Waals surface area contributed by atoms with Crippen LogP contribution in [0.15, 0.2) is 53.5 Å². The van der Waals surface area contributed by atoms with Crippen molar-refractivity contribution in [3.05, 3.63) is 70.4 Å². The summed E-state index contributed by atoms with van der Waals surface area (Å²) in [5.74, 6) is -0.379. The van der Waals surface area contributed by atoms with Crippen LogP contribution in [-0.4, -0.2) is 36.5 Å². The van der Waals surface area contributed by atoms with Gasteiger partial charge in [-0.05, 0) is 36.3 Å². The molecule has 2 aromatic rings. The van der Waals surface area contributed by atoms with Crippen molar-refractivity contribution in [3.8, 4) is 0 Å². The summed E-state index contributed by atoms with van der Waals surface area (Å²) in [4.78, 5) is 25.4. The summed E-state index contributed by atoms with van der Waals surface area (Å²) in [6.45, 7) is 1.58. The number of ether oxygens (including phenoxy) is 2. The van der Waals surface area contributed by atoms with Crippen molar-refractivity contribution < 1.29 is 18.7 Å². The van der Waals surface area contributed by atoms with Gasteiger partial charge in [0.15, 0.2) is 0 Å². The molecule has 0 radical (unpaired) electrons. The molecule has 0 spiro atoms. The zero-order chi connectivity index (χ0) is 18.8. The van der Waals surface area contributed by atoms with Crippen LogP contribution in [0.1, 0.15) is 12.0 Å². The highest BCUT2D eigenvalue weighted by atomic mass is 19.1. The molecular weight excluding hydrogens is 351 g/mol. The van der Waals surface area contributed by atoms with Crippen molar-refractivity contribution in [1.82, 2.24) is 4.57 Å². The SMILES string of the molecule is O=C1O[C@@H](Cn2ccccc2=O)CN1c1ccc(C2=CCOCC2)c(F)c1. The van der Waals surface area contributed by atoms with Crippen LogP contribution in [0.25, 0.3) is 5.57 Å². The van der Waals surface area contributed by atoms with E-state index in [-0.39, 0.29) is 24.5 Å². The van der Waals surface area contributed by atoms with Crippen LogP contribution >= 0.6 is 0 Å². The molecule has 6 nitrogen and oxygen atoms in total. The van der Waals surface area contributed by atoms with E-state index in [0.29, 0.717) is 30.9 Å². The summed E-state index contributed by atoms with van der Waals surface area (Å²) in [6.07, 6.45) is 3.17. The van der Waals surface area contributed by atoms with Crippen molar-refractivity contribution in [2.75, 3.05) is 24.7 Å². The molecule has 3 heterocycles. The van der Waals surface area contributed by atoms with Gasteiger partial charge in [0.2, 0.25) is 0 Å². The number of halogens is 1. The van der Waals surface area contributed by atoms with Gasteiger partial charge in [-0.2, -0.15) is 0 Å². The predicted octanol–water partition coefficient (Wildman–Crippen LogP) is 2.82. The normalized spacial score (nSPS) is 19.7. The molecule has 0 saturated carbocycles. The lowest BCUT2D eigenvalue weighted by atomic mass is 10.0. The fourth-order valence-electron chi connectivity index (χ4n) is 3.36. The Kier molecular flexibility index (Phi) is 4.77. The van der Waals surface area contributed by atoms with Gasteiger partial charge in [-0.3, -0.25) is 9.69 Å². The molecule has 7 heteroatoms. The first kappa shape index (κ1) is 17.5. The van der Waals surface area contributed by atoms with E-state index >= 15 is 0 Å². The third kappa shape index (κ3) is 3.64. The maximum atomic E-state index is 14.6. The smallest absolute Gasteiger partial charge is 0.414 e. The molecule has 1 fully saturated rings. The minimum atomic E-state index is -0.540. The standard InChI is InChI=1S/C20H19FN2O4/c21-18-11-15(4-5-17(18)14-6-9-26-10-7-14)23-13-16(27-20(23)25)12-22-8-2-1-3-19(22)24/h1-6,8,11,16H,7,9-10,12-13H2/t16-/m0/s1. The fourth-order valence-corrected chi connectivity index (χ4v) is 3.36. The van der Waals surface area contributed by atoms with E-state index in [4.69, 9.17) is 9.47 Å². The summed E-state index contributed by atoms with van der Waals surface area (Å²) in [5, 5.41) is 0. The van der Waals surface area contributed by atoms with E-state index in [9.17, 15) is 14.0 Å². The predicted molar refractivity (Wildman–Crippen MR) is 98.1 cm³/mol. The Hall–Kier alpha value is -2.93. The highest BCUT2D eigenvalue weighted by Crippen LogP contribution is 2.29. The van der Waals surface area contributed by atoms with Crippen molar-refractivity contribution >= 4 is 17.4 Å². The quantitative estimate of drug-likeness (QED) is 0.830. The monoisotopic (exact) mass is 370 g/mol. The lowest BCUT2D eigenvalue weighted by Crippen LogP contribution is -2.29. The lowest BCUT2D eigenvalue weighted by molar-refractivity contribution is 0.131. The average molecular weight is 370 g/mol. The molecule has 1 aromatic carbocycles. The molecule has 1 atom stereocenters. The average Bonchev–Trinajstić information content (AvgIpc) is 3.04. The Morgan fingerprint density at radius 1 is 1.19 bits per heavy atom. The lowest BCUT2D eigenvalue weighted by Gasteiger charge is -2.17. The minimum Gasteiger partial charge on any atom is -0.442 e. The summed E-state index contributed by atoms with van der Waals surface area (Å²) < 4.78 is 26.7. The van der Waals surface area contributed by atoms with Crippen LogP contribution in [0.5, 0.6) is 0 Å². The molecule has 0 unspecified atom stereocenters. The number of carbonyl (C=O) groups is 1. The second kappa shape index (κ2) is 7.36. The third-order valence-corrected chi connectivity index (χ3v) is 4.75. The van der Waals surface area contributed by atoms with Gasteiger partial charge in [0.05, 0.1) is 32.0 Å². The van der Waals surface area contributed by atoms with Crippen LogP contribution in [-0.2, 0) is 16.0 Å². The molecule has 2 aliphatic rings. The largest absolute Gasteiger partial charge is 0.442 e. The zero-order valence-corrected chi connectivity index (χ0v) is 14.6. The highest BCUT2D eigenvalue weighted by molar-refractivity contribution is 5.90. The Balaban J connectivity index is 1.51. The molecule has 4 rings (SSSR count). The summed E-state index contributed by atoms with van der Waals surface area (Å²) >= 11 is 0. The van der Waals surface area contributed by atoms with Crippen molar-refractivity contribution in [2.45, 2.75) is 19.1 Å². The molecule has 27 heavy (non-hydrogen) atoms. The highest BCUT2D eigenvalue weighted by Gasteiger charge is 2.33. The van der Waals surface area contributed by atoms with Gasteiger partial charge in [0, 0.05) is 17.8 Å². The van der Waals surface area contributed by atoms with Crippen LogP contribution < -0.4 is 10.5 Å². The van der Waals surface area contributed by atoms with Gasteiger partial charge >= 0.3 is 6.09 Å². The first-order valence-corrected chi connectivity index (χ1v) is 8.82. The number of carbonyl (C=O) groups excluding carboxylic acids is 1. The molecular formula is C20H19FN2O4. The number of anilines is 1. The van der Waals surface area contributed by atoms with Crippen LogP contribution in [0.2, 0.25) is 0 Å². The molecule has 0 N–H and O–H groups in total. The van der Waals surface area contributed by atoms with Gasteiger partial charge in [0.25, 0.3) is 5.56 Å². The van der Waals surface area contributed by atoms with Crippen LogP contribution in [0.4, 0.5) is 14.9 Å². The topological polar surface area (TPSA) is 60.8 Å². The molecule has 0 aliphatic carbocycles. The van der Waals surface area contributed by atoms with Crippen molar-refractivity contribution in [1.29, 1.82) is 0 Å². The Labute approximate surface area is 155 Å². The first-order chi connectivity index (χ1) is 13.1. The van der Waals surface area contributed by atoms with E-state index in [1.165, 1.54) is 21.6 Å². The number of cyclic esters (lactones) is 1. The number of rotatable bonds is 4. The number of aromatic nitrogens is 1. The Bertz CT molecular complexity index is 953. The number of hydrogen-bond acceptors (Lipinski definition) is 4. The summed E-state index contributed by atoms with van der Waals surface area (Å²) in [6, 6.07) is 9.60. The Morgan fingerprint density at radius 3 is 2.81 bits per heavy atom. The third-order valence-electron chi connectivity index (χ3n) is 4.75. The summed E-state index contributed by atoms with van der Waals surface area (Å²) in [5.41, 5.74) is 1.72. The van der Waals surface area contributed by atoms with Crippen molar-refractivity contribution in [2.24, 2.45) is 0 Å². The number of amides is 1. The van der Waals surface area contributed by atoms with E-state index in [0.717, 1.165) is 5.57 Å². The number of benzene rings is 1. The van der Waals surface area contributed by atoms with Crippen LogP contribution in [0, 0.1) is 5.82 Å². The van der Waals surface area contributed by atoms with Gasteiger partial charge in [-0.1, -0.05) is 12.1 Å². The molecule has 2 aliphatic heterocycles. The van der Waals surface area contributed by atoms with E-state index < -0.39 is 12.2 Å². The Morgan fingerprint density at radius 2 is 2.07 bits per heavy atom. The minimum absolute atomic E-state index is 0.160. The second-order valence-corrected chi connectivity index (χ2v) is 6.53. The molecule has 1 amide bonds. The molecule has 1 aromatic heterocycles. The molecule has 0 bridgehead atoms. The first-order valence-electron chi connectivity index (χ1n) is 8.82.